The maximum absolute atomic E-state index is 12.2. The molecule has 1 heterocycles. The van der Waals surface area contributed by atoms with Crippen molar-refractivity contribution in [3.8, 4) is 11.4 Å². The quantitative estimate of drug-likeness (QED) is 0.644. The van der Waals surface area contributed by atoms with Crippen molar-refractivity contribution in [3.05, 3.63) is 66.2 Å². The molecule has 0 atom stereocenters. The minimum absolute atomic E-state index is 0.0170. The molecule has 5 nitrogen and oxygen atoms in total. The summed E-state index contributed by atoms with van der Waals surface area (Å²) in [6.07, 6.45) is 0. The van der Waals surface area contributed by atoms with Crippen LogP contribution in [0, 0.1) is 0 Å². The van der Waals surface area contributed by atoms with E-state index >= 15 is 0 Å². The van der Waals surface area contributed by atoms with Crippen LogP contribution < -0.4 is 0 Å². The molecule has 0 spiro atoms. The summed E-state index contributed by atoms with van der Waals surface area (Å²) < 4.78 is 5.20. The van der Waals surface area contributed by atoms with Gasteiger partial charge in [-0.3, -0.25) is 4.79 Å². The minimum atomic E-state index is 0.0170. The topological polar surface area (TPSA) is 59.2 Å². The van der Waals surface area contributed by atoms with E-state index in [1.165, 1.54) is 11.8 Å². The van der Waals surface area contributed by atoms with Crippen LogP contribution >= 0.6 is 11.8 Å². The first-order chi connectivity index (χ1) is 11.7. The van der Waals surface area contributed by atoms with Crippen LogP contribution in [0.3, 0.4) is 0 Å². The lowest BCUT2D eigenvalue weighted by atomic mass is 10.2. The van der Waals surface area contributed by atoms with Gasteiger partial charge in [0.25, 0.3) is 5.22 Å². The Labute approximate surface area is 144 Å². The van der Waals surface area contributed by atoms with E-state index < -0.39 is 0 Å². The average molecular weight is 339 g/mol. The molecule has 1 amide bonds. The van der Waals surface area contributed by atoms with Crippen molar-refractivity contribution in [1.29, 1.82) is 0 Å². The van der Waals surface area contributed by atoms with E-state index in [0.29, 0.717) is 17.6 Å². The fraction of sp³-hybridized carbons (Fsp3) is 0.167. The first kappa shape index (κ1) is 16.3. The predicted molar refractivity (Wildman–Crippen MR) is 93.4 cm³/mol. The van der Waals surface area contributed by atoms with Gasteiger partial charge in [-0.2, -0.15) is 4.98 Å². The molecule has 0 aliphatic heterocycles. The number of benzene rings is 2. The van der Waals surface area contributed by atoms with Gasteiger partial charge in [0.05, 0.1) is 5.75 Å². The van der Waals surface area contributed by atoms with E-state index in [4.69, 9.17) is 4.52 Å². The van der Waals surface area contributed by atoms with Gasteiger partial charge in [0.15, 0.2) is 0 Å². The van der Waals surface area contributed by atoms with Gasteiger partial charge in [-0.15, -0.1) is 0 Å². The Morgan fingerprint density at radius 1 is 1.08 bits per heavy atom. The molecule has 24 heavy (non-hydrogen) atoms. The van der Waals surface area contributed by atoms with Crippen LogP contribution in [0.2, 0.25) is 0 Å². The first-order valence-electron chi connectivity index (χ1n) is 7.52. The summed E-state index contributed by atoms with van der Waals surface area (Å²) in [5, 5.41) is 4.34. The third-order valence-corrected chi connectivity index (χ3v) is 4.25. The molecule has 0 bridgehead atoms. The van der Waals surface area contributed by atoms with Crippen molar-refractivity contribution in [2.45, 2.75) is 11.8 Å². The summed E-state index contributed by atoms with van der Waals surface area (Å²) in [4.78, 5) is 18.2. The van der Waals surface area contributed by atoms with E-state index in [0.717, 1.165) is 11.1 Å². The normalized spacial score (nSPS) is 10.5. The van der Waals surface area contributed by atoms with Crippen LogP contribution in [0.25, 0.3) is 11.4 Å². The Morgan fingerprint density at radius 2 is 1.75 bits per heavy atom. The number of aromatic nitrogens is 2. The zero-order valence-electron chi connectivity index (χ0n) is 13.3. The van der Waals surface area contributed by atoms with Gasteiger partial charge >= 0.3 is 0 Å². The zero-order valence-corrected chi connectivity index (χ0v) is 14.1. The van der Waals surface area contributed by atoms with E-state index in [1.807, 2.05) is 60.7 Å². The second-order valence-electron chi connectivity index (χ2n) is 5.27. The molecule has 0 N–H and O–H groups in total. The fourth-order valence-electron chi connectivity index (χ4n) is 2.15. The van der Waals surface area contributed by atoms with Crippen molar-refractivity contribution in [1.82, 2.24) is 15.0 Å². The van der Waals surface area contributed by atoms with Crippen LogP contribution in [0.1, 0.15) is 5.56 Å². The van der Waals surface area contributed by atoms with Crippen molar-refractivity contribution < 1.29 is 9.32 Å². The maximum Gasteiger partial charge on any atom is 0.286 e. The number of carbonyl (C=O) groups excluding carboxylic acids is 1. The van der Waals surface area contributed by atoms with Crippen LogP contribution in [0.4, 0.5) is 0 Å². The number of rotatable bonds is 6. The zero-order chi connectivity index (χ0) is 16.8. The van der Waals surface area contributed by atoms with Crippen molar-refractivity contribution in [3.63, 3.8) is 0 Å². The van der Waals surface area contributed by atoms with E-state index in [1.54, 1.807) is 11.9 Å². The molecule has 2 aromatic carbocycles. The van der Waals surface area contributed by atoms with Crippen LogP contribution in [-0.4, -0.2) is 33.7 Å². The molecule has 0 saturated heterocycles. The third kappa shape index (κ3) is 4.23. The van der Waals surface area contributed by atoms with E-state index in [-0.39, 0.29) is 11.7 Å². The van der Waals surface area contributed by atoms with Gasteiger partial charge in [0, 0.05) is 19.2 Å². The molecule has 3 rings (SSSR count). The number of hydrogen-bond donors (Lipinski definition) is 0. The Morgan fingerprint density at radius 3 is 2.46 bits per heavy atom. The number of amides is 1. The van der Waals surface area contributed by atoms with E-state index in [2.05, 4.69) is 10.1 Å². The maximum atomic E-state index is 12.2. The standard InChI is InChI=1S/C18H17N3O2S/c1-21(12-14-8-4-2-5-9-14)16(22)13-24-18-19-17(20-23-18)15-10-6-3-7-11-15/h2-11H,12-13H2,1H3. The molecular weight excluding hydrogens is 322 g/mol. The average Bonchev–Trinajstić information content (AvgIpc) is 3.10. The van der Waals surface area contributed by atoms with Gasteiger partial charge in [0.2, 0.25) is 11.7 Å². The molecule has 0 unspecified atom stereocenters. The second-order valence-corrected chi connectivity index (χ2v) is 6.20. The molecule has 0 aliphatic carbocycles. The second kappa shape index (κ2) is 7.79. The molecule has 1 aromatic heterocycles. The third-order valence-electron chi connectivity index (χ3n) is 3.45. The minimum Gasteiger partial charge on any atom is -0.341 e. The number of carbonyl (C=O) groups is 1. The molecule has 6 heteroatoms. The molecule has 3 aromatic rings. The smallest absolute Gasteiger partial charge is 0.286 e. The highest BCUT2D eigenvalue weighted by Gasteiger charge is 2.14. The first-order valence-corrected chi connectivity index (χ1v) is 8.51. The number of thioether (sulfide) groups is 1. The number of hydrogen-bond acceptors (Lipinski definition) is 5. The Balaban J connectivity index is 1.54. The van der Waals surface area contributed by atoms with Crippen molar-refractivity contribution in [2.75, 3.05) is 12.8 Å². The van der Waals surface area contributed by atoms with Gasteiger partial charge < -0.3 is 9.42 Å². The summed E-state index contributed by atoms with van der Waals surface area (Å²) in [6.45, 7) is 0.583. The lowest BCUT2D eigenvalue weighted by molar-refractivity contribution is -0.127. The molecule has 0 fully saturated rings. The van der Waals surface area contributed by atoms with E-state index in [9.17, 15) is 4.79 Å². The summed E-state index contributed by atoms with van der Waals surface area (Å²) in [6, 6.07) is 19.5. The van der Waals surface area contributed by atoms with Gasteiger partial charge in [0.1, 0.15) is 0 Å². The molecular formula is C18H17N3O2S. The van der Waals surface area contributed by atoms with Crippen LogP contribution in [0.5, 0.6) is 0 Å². The van der Waals surface area contributed by atoms with Crippen molar-refractivity contribution in [2.24, 2.45) is 0 Å². The lowest BCUT2D eigenvalue weighted by Crippen LogP contribution is -2.27. The van der Waals surface area contributed by atoms with Gasteiger partial charge in [-0.25, -0.2) is 0 Å². The Hall–Kier alpha value is -2.60. The highest BCUT2D eigenvalue weighted by molar-refractivity contribution is 7.99. The number of nitrogens with zero attached hydrogens (tertiary/aromatic N) is 3. The highest BCUT2D eigenvalue weighted by atomic mass is 32.2. The van der Waals surface area contributed by atoms with Crippen LogP contribution in [-0.2, 0) is 11.3 Å². The molecule has 122 valence electrons. The van der Waals surface area contributed by atoms with Crippen molar-refractivity contribution >= 4 is 17.7 Å². The van der Waals surface area contributed by atoms with Crippen LogP contribution in [0.15, 0.2) is 70.4 Å². The molecule has 0 radical (unpaired) electrons. The summed E-state index contributed by atoms with van der Waals surface area (Å²) >= 11 is 1.25. The van der Waals surface area contributed by atoms with Gasteiger partial charge in [-0.05, 0) is 5.56 Å². The SMILES string of the molecule is CN(Cc1ccccc1)C(=O)CSc1nc(-c2ccccc2)no1. The molecule has 0 aliphatic rings. The summed E-state index contributed by atoms with van der Waals surface area (Å²) in [5.41, 5.74) is 1.99. The summed E-state index contributed by atoms with van der Waals surface area (Å²) in [5.74, 6) is 0.811. The summed E-state index contributed by atoms with van der Waals surface area (Å²) in [7, 11) is 1.79. The lowest BCUT2D eigenvalue weighted by Gasteiger charge is -2.16. The Bertz CT molecular complexity index is 790. The predicted octanol–water partition coefficient (Wildman–Crippen LogP) is 3.49. The Kier molecular flexibility index (Phi) is 5.28. The molecule has 0 saturated carbocycles. The monoisotopic (exact) mass is 339 g/mol. The van der Waals surface area contributed by atoms with Gasteiger partial charge in [-0.1, -0.05) is 77.6 Å². The fourth-order valence-corrected chi connectivity index (χ4v) is 2.86. The highest BCUT2D eigenvalue weighted by Crippen LogP contribution is 2.21. The largest absolute Gasteiger partial charge is 0.341 e.